The van der Waals surface area contributed by atoms with Gasteiger partial charge in [0.2, 0.25) is 0 Å². The summed E-state index contributed by atoms with van der Waals surface area (Å²) in [5.41, 5.74) is 6.97. The molecule has 9 rings (SSSR count). The highest BCUT2D eigenvalue weighted by atomic mass is 16.5. The van der Waals surface area contributed by atoms with Crippen molar-refractivity contribution in [2.45, 2.75) is 37.3 Å². The lowest BCUT2D eigenvalue weighted by atomic mass is 10.1. The number of nitrogens with zero attached hydrogens (tertiary/aromatic N) is 6. The van der Waals surface area contributed by atoms with Crippen LogP contribution in [0.1, 0.15) is 57.5 Å². The monoisotopic (exact) mass is 772 g/mol. The molecular weight excluding hydrogens is 725 g/mol. The molecule has 4 heterocycles. The molecule has 0 bridgehead atoms. The summed E-state index contributed by atoms with van der Waals surface area (Å²) in [4.78, 5) is 24.6. The summed E-state index contributed by atoms with van der Waals surface area (Å²) in [5.74, 6) is 2.91. The van der Waals surface area contributed by atoms with E-state index >= 15 is 0 Å². The Morgan fingerprint density at radius 2 is 0.621 bits per heavy atom. The van der Waals surface area contributed by atoms with Crippen molar-refractivity contribution in [1.29, 1.82) is 0 Å². The fourth-order valence-electron chi connectivity index (χ4n) is 7.87. The molecule has 0 N–H and O–H groups in total. The van der Waals surface area contributed by atoms with Crippen LogP contribution < -0.4 is 0 Å². The number of hydrogen-bond donors (Lipinski definition) is 0. The zero-order chi connectivity index (χ0) is 38.9. The van der Waals surface area contributed by atoms with E-state index in [4.69, 9.17) is 38.9 Å². The zero-order valence-corrected chi connectivity index (χ0v) is 32.6. The second-order valence-corrected chi connectivity index (χ2v) is 15.2. The Morgan fingerprint density at radius 1 is 0.345 bits per heavy atom. The fraction of sp³-hybridized carbons (Fsp3) is 0.292. The zero-order valence-electron chi connectivity index (χ0n) is 32.6. The van der Waals surface area contributed by atoms with Crippen LogP contribution in [0.15, 0.2) is 166 Å². The van der Waals surface area contributed by atoms with Crippen molar-refractivity contribution in [1.82, 2.24) is 9.80 Å². The van der Waals surface area contributed by atoms with Gasteiger partial charge < -0.3 is 18.9 Å². The molecule has 0 unspecified atom stereocenters. The van der Waals surface area contributed by atoms with E-state index in [1.54, 1.807) is 0 Å². The third kappa shape index (κ3) is 9.53. The van der Waals surface area contributed by atoms with Crippen LogP contribution in [0.4, 0.5) is 0 Å². The first kappa shape index (κ1) is 37.5. The summed E-state index contributed by atoms with van der Waals surface area (Å²) in [6, 6.07) is 50.1. The summed E-state index contributed by atoms with van der Waals surface area (Å²) >= 11 is 0. The molecular formula is C48H48N6O4. The number of aliphatic imine (C=N–C) groups is 4. The summed E-state index contributed by atoms with van der Waals surface area (Å²) in [7, 11) is 0. The van der Waals surface area contributed by atoms with Gasteiger partial charge in [-0.15, -0.1) is 0 Å². The molecule has 4 aliphatic rings. The van der Waals surface area contributed by atoms with E-state index in [-0.39, 0.29) is 24.2 Å². The van der Waals surface area contributed by atoms with Crippen LogP contribution in [0.25, 0.3) is 0 Å². The van der Waals surface area contributed by atoms with Gasteiger partial charge in [0.05, 0.1) is 26.2 Å². The Bertz CT molecular complexity index is 1960. The van der Waals surface area contributed by atoms with Gasteiger partial charge in [-0.25, -0.2) is 20.0 Å². The Labute approximate surface area is 340 Å². The average molecular weight is 773 g/mol. The van der Waals surface area contributed by atoms with Crippen molar-refractivity contribution in [2.24, 2.45) is 20.0 Å². The van der Waals surface area contributed by atoms with Gasteiger partial charge in [0.15, 0.2) is 23.6 Å². The van der Waals surface area contributed by atoms with Crippen LogP contribution >= 0.6 is 0 Å². The van der Waals surface area contributed by atoms with Gasteiger partial charge in [0, 0.05) is 13.1 Å². The Hall–Kier alpha value is -6.10. The Morgan fingerprint density at radius 3 is 0.897 bits per heavy atom. The van der Waals surface area contributed by atoms with Gasteiger partial charge >= 0.3 is 0 Å². The van der Waals surface area contributed by atoms with Crippen molar-refractivity contribution < 1.29 is 18.9 Å². The van der Waals surface area contributed by atoms with Crippen LogP contribution in [0, 0.1) is 0 Å². The van der Waals surface area contributed by atoms with Crippen LogP contribution in [0.2, 0.25) is 0 Å². The maximum Gasteiger partial charge on any atom is 0.198 e. The highest BCUT2D eigenvalue weighted by Crippen LogP contribution is 2.28. The molecule has 10 nitrogen and oxygen atoms in total. The number of ether oxygens (including phenoxy) is 4. The number of benzene rings is 5. The first-order valence-electron chi connectivity index (χ1n) is 20.2. The predicted molar refractivity (Wildman–Crippen MR) is 227 cm³/mol. The fourth-order valence-corrected chi connectivity index (χ4v) is 7.87. The summed E-state index contributed by atoms with van der Waals surface area (Å²) in [6.45, 7) is 5.62. The van der Waals surface area contributed by atoms with E-state index in [0.717, 1.165) is 45.8 Å². The van der Waals surface area contributed by atoms with Gasteiger partial charge in [-0.3, -0.25) is 9.80 Å². The molecule has 294 valence electrons. The Balaban J connectivity index is 0.933. The summed E-state index contributed by atoms with van der Waals surface area (Å²) in [6.07, 6.45) is 0. The van der Waals surface area contributed by atoms with Gasteiger partial charge in [-0.2, -0.15) is 0 Å². The quantitative estimate of drug-likeness (QED) is 0.101. The van der Waals surface area contributed by atoms with Gasteiger partial charge in [0.1, 0.15) is 50.6 Å². The van der Waals surface area contributed by atoms with E-state index in [9.17, 15) is 0 Å². The molecule has 10 heteroatoms. The van der Waals surface area contributed by atoms with E-state index in [1.807, 2.05) is 72.8 Å². The van der Waals surface area contributed by atoms with E-state index < -0.39 is 0 Å². The van der Waals surface area contributed by atoms with Gasteiger partial charge in [-0.1, -0.05) is 146 Å². The minimum Gasteiger partial charge on any atom is -0.477 e. The second kappa shape index (κ2) is 18.0. The standard InChI is InChI=1S/C48H48N6O4/c1-5-16-37(17-6-1)41-31-55-45(49-41)27-53(28-46-50-42(32-56-46)38-18-7-2-8-19-38)25-35-14-13-15-36(24-35)26-54(29-47-51-43(33-57-47)39-20-9-3-10-21-39)30-48-52-44(34-58-48)40-22-11-4-12-23-40/h1-24,41-44H,25-34H2/t41-,42-,43-,44-/m0/s1. The topological polar surface area (TPSA) is 92.8 Å². The second-order valence-electron chi connectivity index (χ2n) is 15.2. The molecule has 0 aromatic heterocycles. The third-order valence-corrected chi connectivity index (χ3v) is 10.8. The van der Waals surface area contributed by atoms with Crippen LogP contribution in [0.3, 0.4) is 0 Å². The highest BCUT2D eigenvalue weighted by Gasteiger charge is 2.28. The van der Waals surface area contributed by atoms with Crippen molar-refractivity contribution in [2.75, 3.05) is 52.6 Å². The molecule has 0 fully saturated rings. The first-order valence-corrected chi connectivity index (χ1v) is 20.2. The molecule has 4 aliphatic heterocycles. The molecule has 5 aromatic carbocycles. The van der Waals surface area contributed by atoms with E-state index in [2.05, 4.69) is 82.6 Å². The smallest absolute Gasteiger partial charge is 0.198 e. The van der Waals surface area contributed by atoms with Crippen molar-refractivity contribution >= 4 is 23.6 Å². The summed E-state index contributed by atoms with van der Waals surface area (Å²) in [5, 5.41) is 0. The molecule has 4 atom stereocenters. The maximum absolute atomic E-state index is 6.19. The Kier molecular flexibility index (Phi) is 11.6. The predicted octanol–water partition coefficient (Wildman–Crippen LogP) is 7.97. The minimum atomic E-state index is -0.0114. The van der Waals surface area contributed by atoms with Crippen LogP contribution in [-0.2, 0) is 32.0 Å². The van der Waals surface area contributed by atoms with Crippen molar-refractivity contribution in [3.63, 3.8) is 0 Å². The van der Waals surface area contributed by atoms with Crippen LogP contribution in [0.5, 0.6) is 0 Å². The highest BCUT2D eigenvalue weighted by molar-refractivity contribution is 5.84. The van der Waals surface area contributed by atoms with Crippen molar-refractivity contribution in [3.05, 3.63) is 179 Å². The summed E-state index contributed by atoms with van der Waals surface area (Å²) < 4.78 is 24.8. The third-order valence-electron chi connectivity index (χ3n) is 10.8. The number of hydrogen-bond acceptors (Lipinski definition) is 10. The maximum atomic E-state index is 6.19. The largest absolute Gasteiger partial charge is 0.477 e. The lowest BCUT2D eigenvalue weighted by molar-refractivity contribution is 0.255. The van der Waals surface area contributed by atoms with E-state index in [1.165, 1.54) is 11.1 Å². The molecule has 58 heavy (non-hydrogen) atoms. The van der Waals surface area contributed by atoms with Crippen molar-refractivity contribution in [3.8, 4) is 0 Å². The molecule has 0 saturated carbocycles. The number of rotatable bonds is 16. The van der Waals surface area contributed by atoms with Gasteiger partial charge in [0.25, 0.3) is 0 Å². The van der Waals surface area contributed by atoms with Crippen LogP contribution in [-0.4, -0.2) is 86.0 Å². The SMILES string of the molecule is c1ccc([C@@H]2COC(CN(CC3=N[C@H](c4ccccc4)CO3)Cc3cccc(CN(CC4=N[C@H](c5ccccc5)CO4)CC4=N[C@H](c5ccccc5)CO4)c3)=N2)cc1. The molecule has 0 radical (unpaired) electrons. The average Bonchev–Trinajstić information content (AvgIpc) is 4.12. The lowest BCUT2D eigenvalue weighted by Gasteiger charge is -2.23. The molecule has 5 aromatic rings. The lowest BCUT2D eigenvalue weighted by Crippen LogP contribution is -2.35. The molecule has 0 saturated heterocycles. The van der Waals surface area contributed by atoms with E-state index in [0.29, 0.717) is 65.7 Å². The molecule has 0 amide bonds. The molecule has 0 spiro atoms. The first-order chi connectivity index (χ1) is 28.7. The molecule has 0 aliphatic carbocycles. The normalized spacial score (nSPS) is 21.1. The van der Waals surface area contributed by atoms with Gasteiger partial charge in [-0.05, 0) is 33.4 Å². The minimum absolute atomic E-state index is 0.0114.